The Balaban J connectivity index is 3.00. The van der Waals surface area contributed by atoms with Crippen LogP contribution < -0.4 is 0 Å². The molecule has 0 atom stereocenters. The maximum atomic E-state index is 5.60. The minimum absolute atomic E-state index is 0.832. The van der Waals surface area contributed by atoms with Crippen molar-refractivity contribution in [3.8, 4) is 0 Å². The third-order valence-electron chi connectivity index (χ3n) is 2.21. The van der Waals surface area contributed by atoms with Crippen LogP contribution in [0, 0.1) is 0 Å². The first-order chi connectivity index (χ1) is 6.06. The maximum absolute atomic E-state index is 5.60. The summed E-state index contributed by atoms with van der Waals surface area (Å²) in [6.45, 7) is 1.30. The van der Waals surface area contributed by atoms with E-state index in [-0.39, 0.29) is 0 Å². The van der Waals surface area contributed by atoms with Gasteiger partial charge in [-0.3, -0.25) is 0 Å². The van der Waals surface area contributed by atoms with Crippen molar-refractivity contribution in [1.82, 2.24) is 0 Å². The summed E-state index contributed by atoms with van der Waals surface area (Å²) in [6, 6.07) is 0. The Morgan fingerprint density at radius 1 is 0.769 bits per heavy atom. The smallest absolute Gasteiger partial charge is 0.0780 e. The lowest BCUT2D eigenvalue weighted by Crippen LogP contribution is -2.35. The van der Waals surface area contributed by atoms with Gasteiger partial charge in [-0.2, -0.15) is 0 Å². The van der Waals surface area contributed by atoms with Crippen LogP contribution in [0.3, 0.4) is 0 Å². The van der Waals surface area contributed by atoms with Crippen molar-refractivity contribution in [2.75, 3.05) is 33.6 Å². The zero-order chi connectivity index (χ0) is 10.2. The van der Waals surface area contributed by atoms with E-state index in [9.17, 15) is 0 Å². The molecule has 0 aliphatic heterocycles. The van der Waals surface area contributed by atoms with Gasteiger partial charge in [0, 0.05) is 5.88 Å². The van der Waals surface area contributed by atoms with Gasteiger partial charge < -0.3 is 4.48 Å². The lowest BCUT2D eigenvalue weighted by atomic mass is 10.1. The van der Waals surface area contributed by atoms with Crippen molar-refractivity contribution in [3.63, 3.8) is 0 Å². The van der Waals surface area contributed by atoms with E-state index >= 15 is 0 Å². The van der Waals surface area contributed by atoms with Crippen molar-refractivity contribution < 1.29 is 4.48 Å². The molecular formula is C11H25ClN+. The second-order valence-corrected chi connectivity index (χ2v) is 5.20. The standard InChI is InChI=1S/C11H25ClN/c1-13(2,3)11-9-7-5-4-6-8-10-12/h4-11H2,1-3H3/q+1. The van der Waals surface area contributed by atoms with Crippen LogP contribution in [-0.4, -0.2) is 38.1 Å². The van der Waals surface area contributed by atoms with Crippen molar-refractivity contribution >= 4 is 11.6 Å². The molecule has 0 rings (SSSR count). The van der Waals surface area contributed by atoms with Crippen LogP contribution in [0.1, 0.15) is 38.5 Å². The molecule has 0 saturated heterocycles. The maximum Gasteiger partial charge on any atom is 0.0780 e. The molecule has 13 heavy (non-hydrogen) atoms. The topological polar surface area (TPSA) is 0 Å². The van der Waals surface area contributed by atoms with Gasteiger partial charge in [-0.15, -0.1) is 11.6 Å². The van der Waals surface area contributed by atoms with Crippen LogP contribution in [0.5, 0.6) is 0 Å². The molecule has 0 amide bonds. The van der Waals surface area contributed by atoms with E-state index in [1.165, 1.54) is 45.1 Å². The summed E-state index contributed by atoms with van der Waals surface area (Å²) in [6.07, 6.45) is 8.01. The van der Waals surface area contributed by atoms with E-state index < -0.39 is 0 Å². The molecule has 0 heterocycles. The Kier molecular flexibility index (Phi) is 7.78. The number of halogens is 1. The summed E-state index contributed by atoms with van der Waals surface area (Å²) < 4.78 is 1.10. The molecule has 0 fully saturated rings. The molecule has 80 valence electrons. The van der Waals surface area contributed by atoms with Gasteiger partial charge in [-0.1, -0.05) is 19.3 Å². The van der Waals surface area contributed by atoms with E-state index in [0.29, 0.717) is 0 Å². The predicted octanol–water partition coefficient (Wildman–Crippen LogP) is 3.27. The molecule has 0 unspecified atom stereocenters. The molecule has 0 aromatic carbocycles. The molecule has 0 spiro atoms. The van der Waals surface area contributed by atoms with Gasteiger partial charge in [-0.05, 0) is 19.3 Å². The van der Waals surface area contributed by atoms with Crippen molar-refractivity contribution in [3.05, 3.63) is 0 Å². The van der Waals surface area contributed by atoms with E-state index in [1.54, 1.807) is 0 Å². The van der Waals surface area contributed by atoms with E-state index in [4.69, 9.17) is 11.6 Å². The molecule has 0 saturated carbocycles. The molecular weight excluding hydrogens is 182 g/mol. The average molecular weight is 207 g/mol. The predicted molar refractivity (Wildman–Crippen MR) is 61.3 cm³/mol. The van der Waals surface area contributed by atoms with Crippen LogP contribution in [0.2, 0.25) is 0 Å². The van der Waals surface area contributed by atoms with Gasteiger partial charge in [0.05, 0.1) is 27.7 Å². The van der Waals surface area contributed by atoms with Crippen molar-refractivity contribution in [2.24, 2.45) is 0 Å². The zero-order valence-electron chi connectivity index (χ0n) is 9.48. The third-order valence-corrected chi connectivity index (χ3v) is 2.48. The van der Waals surface area contributed by atoms with Gasteiger partial charge in [0.15, 0.2) is 0 Å². The number of alkyl halides is 1. The fraction of sp³-hybridized carbons (Fsp3) is 1.00. The van der Waals surface area contributed by atoms with Gasteiger partial charge in [0.1, 0.15) is 0 Å². The summed E-state index contributed by atoms with van der Waals surface area (Å²) in [4.78, 5) is 0. The van der Waals surface area contributed by atoms with E-state index in [1.807, 2.05) is 0 Å². The Morgan fingerprint density at radius 2 is 1.23 bits per heavy atom. The quantitative estimate of drug-likeness (QED) is 0.325. The van der Waals surface area contributed by atoms with Crippen LogP contribution >= 0.6 is 11.6 Å². The highest BCUT2D eigenvalue weighted by molar-refractivity contribution is 6.17. The summed E-state index contributed by atoms with van der Waals surface area (Å²) in [5, 5.41) is 0. The molecule has 2 heteroatoms. The summed E-state index contributed by atoms with van der Waals surface area (Å²) in [7, 11) is 6.77. The Morgan fingerprint density at radius 3 is 1.69 bits per heavy atom. The Labute approximate surface area is 88.7 Å². The van der Waals surface area contributed by atoms with Gasteiger partial charge >= 0.3 is 0 Å². The largest absolute Gasteiger partial charge is 0.331 e. The number of nitrogens with zero attached hydrogens (tertiary/aromatic N) is 1. The van der Waals surface area contributed by atoms with Crippen LogP contribution in [0.4, 0.5) is 0 Å². The first kappa shape index (κ1) is 13.2. The lowest BCUT2D eigenvalue weighted by molar-refractivity contribution is -0.870. The Hall–Kier alpha value is 0.250. The van der Waals surface area contributed by atoms with Gasteiger partial charge in [0.25, 0.3) is 0 Å². The second kappa shape index (κ2) is 7.64. The highest BCUT2D eigenvalue weighted by Crippen LogP contribution is 2.07. The number of hydrogen-bond donors (Lipinski definition) is 0. The van der Waals surface area contributed by atoms with Crippen molar-refractivity contribution in [2.45, 2.75) is 38.5 Å². The summed E-state index contributed by atoms with van der Waals surface area (Å²) in [5.74, 6) is 0.832. The SMILES string of the molecule is C[N+](C)(C)CCCCCCCCCl. The average Bonchev–Trinajstić information content (AvgIpc) is 2.01. The number of quaternary nitrogens is 1. The lowest BCUT2D eigenvalue weighted by Gasteiger charge is -2.23. The summed E-state index contributed by atoms with van der Waals surface area (Å²) in [5.41, 5.74) is 0. The molecule has 0 aliphatic rings. The van der Waals surface area contributed by atoms with Crippen LogP contribution in [0.25, 0.3) is 0 Å². The highest BCUT2D eigenvalue weighted by Gasteiger charge is 2.04. The monoisotopic (exact) mass is 206 g/mol. The highest BCUT2D eigenvalue weighted by atomic mass is 35.5. The van der Waals surface area contributed by atoms with Gasteiger partial charge in [0.2, 0.25) is 0 Å². The number of hydrogen-bond acceptors (Lipinski definition) is 0. The van der Waals surface area contributed by atoms with Gasteiger partial charge in [-0.25, -0.2) is 0 Å². The van der Waals surface area contributed by atoms with E-state index in [0.717, 1.165) is 10.4 Å². The normalized spacial score (nSPS) is 12.0. The van der Waals surface area contributed by atoms with Crippen molar-refractivity contribution in [1.29, 1.82) is 0 Å². The molecule has 0 aliphatic carbocycles. The number of rotatable bonds is 8. The van der Waals surface area contributed by atoms with Crippen LogP contribution in [-0.2, 0) is 0 Å². The molecule has 1 nitrogen and oxygen atoms in total. The Bertz CT molecular complexity index is 107. The molecule has 0 N–H and O–H groups in total. The third kappa shape index (κ3) is 12.2. The van der Waals surface area contributed by atoms with Crippen LogP contribution in [0.15, 0.2) is 0 Å². The molecule has 0 bridgehead atoms. The first-order valence-corrected chi connectivity index (χ1v) is 5.96. The molecule has 0 aromatic heterocycles. The fourth-order valence-corrected chi connectivity index (χ4v) is 1.58. The van der Waals surface area contributed by atoms with E-state index in [2.05, 4.69) is 21.1 Å². The molecule has 0 aromatic rings. The number of unbranched alkanes of at least 4 members (excludes halogenated alkanes) is 5. The fourth-order valence-electron chi connectivity index (χ4n) is 1.39. The zero-order valence-corrected chi connectivity index (χ0v) is 10.2. The second-order valence-electron chi connectivity index (χ2n) is 4.82. The minimum atomic E-state index is 0.832. The molecule has 0 radical (unpaired) electrons. The summed E-state index contributed by atoms with van der Waals surface area (Å²) >= 11 is 5.60. The minimum Gasteiger partial charge on any atom is -0.331 e. The first-order valence-electron chi connectivity index (χ1n) is 5.43.